The van der Waals surface area contributed by atoms with Crippen molar-refractivity contribution in [2.24, 2.45) is 5.18 Å². The van der Waals surface area contributed by atoms with Crippen molar-refractivity contribution in [3.05, 3.63) is 52.4 Å². The lowest BCUT2D eigenvalue weighted by atomic mass is 10.1. The van der Waals surface area contributed by atoms with Crippen molar-refractivity contribution in [3.63, 3.8) is 0 Å². The van der Waals surface area contributed by atoms with Gasteiger partial charge in [-0.05, 0) is 30.8 Å². The molecule has 7 nitrogen and oxygen atoms in total. The molecule has 1 saturated heterocycles. The molecule has 132 valence electrons. The highest BCUT2D eigenvalue weighted by Crippen LogP contribution is 2.22. The number of halogens is 1. The van der Waals surface area contributed by atoms with Crippen molar-refractivity contribution < 1.29 is 13.6 Å². The van der Waals surface area contributed by atoms with Gasteiger partial charge < -0.3 is 19.5 Å². The predicted molar refractivity (Wildman–Crippen MR) is 91.4 cm³/mol. The van der Waals surface area contributed by atoms with Gasteiger partial charge in [0.15, 0.2) is 5.76 Å². The molecule has 0 radical (unpaired) electrons. The normalized spacial score (nSPS) is 15.2. The zero-order valence-electron chi connectivity index (χ0n) is 13.9. The van der Waals surface area contributed by atoms with E-state index >= 15 is 0 Å². The summed E-state index contributed by atoms with van der Waals surface area (Å²) in [4.78, 5) is 26.5. The van der Waals surface area contributed by atoms with Crippen molar-refractivity contribution in [3.8, 4) is 0 Å². The molecule has 1 aliphatic rings. The SMILES string of the molecule is CN1CCN(c2ccc(CNC(=O)c3ccc(N=O)o3)cc2F)CC1. The first-order valence-corrected chi connectivity index (χ1v) is 8.00. The molecule has 0 bridgehead atoms. The second-order valence-electron chi connectivity index (χ2n) is 5.99. The third-order valence-electron chi connectivity index (χ3n) is 4.21. The average Bonchev–Trinajstić information content (AvgIpc) is 3.10. The van der Waals surface area contributed by atoms with Gasteiger partial charge in [0.2, 0.25) is 0 Å². The molecule has 3 rings (SSSR count). The maximum absolute atomic E-state index is 14.4. The van der Waals surface area contributed by atoms with Gasteiger partial charge in [0, 0.05) is 44.0 Å². The fourth-order valence-corrected chi connectivity index (χ4v) is 2.73. The van der Waals surface area contributed by atoms with E-state index in [0.717, 1.165) is 26.2 Å². The van der Waals surface area contributed by atoms with E-state index in [4.69, 9.17) is 4.42 Å². The molecule has 1 aliphatic heterocycles. The number of anilines is 1. The van der Waals surface area contributed by atoms with Gasteiger partial charge in [-0.2, -0.15) is 0 Å². The molecular formula is C17H19FN4O3. The van der Waals surface area contributed by atoms with Gasteiger partial charge in [-0.3, -0.25) is 4.79 Å². The van der Waals surface area contributed by atoms with E-state index in [9.17, 15) is 14.1 Å². The van der Waals surface area contributed by atoms with Crippen LogP contribution in [-0.2, 0) is 6.54 Å². The standard InChI is InChI=1S/C17H19FN4O3/c1-21-6-8-22(9-7-21)14-3-2-12(10-13(14)18)11-19-17(23)15-4-5-16(20-24)25-15/h2-5,10H,6-9,11H2,1H3,(H,19,23). The summed E-state index contributed by atoms with van der Waals surface area (Å²) in [6.07, 6.45) is 0. The second-order valence-corrected chi connectivity index (χ2v) is 5.99. The van der Waals surface area contributed by atoms with E-state index in [-0.39, 0.29) is 24.0 Å². The molecule has 25 heavy (non-hydrogen) atoms. The number of nitrogens with one attached hydrogen (secondary N) is 1. The van der Waals surface area contributed by atoms with Crippen molar-refractivity contribution in [2.75, 3.05) is 38.1 Å². The van der Waals surface area contributed by atoms with Crippen LogP contribution >= 0.6 is 0 Å². The number of amides is 1. The number of piperazine rings is 1. The van der Waals surface area contributed by atoms with Crippen LogP contribution in [0, 0.1) is 10.7 Å². The molecule has 8 heteroatoms. The number of nitroso groups, excluding NO2 is 1. The largest absolute Gasteiger partial charge is 0.430 e. The molecule has 1 aromatic heterocycles. The maximum atomic E-state index is 14.4. The molecule has 1 aromatic carbocycles. The Bertz CT molecular complexity index is 769. The number of hydrogen-bond donors (Lipinski definition) is 1. The highest BCUT2D eigenvalue weighted by molar-refractivity contribution is 5.91. The van der Waals surface area contributed by atoms with Gasteiger partial charge in [0.25, 0.3) is 11.8 Å². The molecular weight excluding hydrogens is 327 g/mol. The van der Waals surface area contributed by atoms with E-state index in [1.807, 2.05) is 11.9 Å². The van der Waals surface area contributed by atoms with E-state index in [2.05, 4.69) is 15.4 Å². The third kappa shape index (κ3) is 4.03. The Balaban J connectivity index is 1.61. The van der Waals surface area contributed by atoms with Gasteiger partial charge in [-0.15, -0.1) is 4.91 Å². The van der Waals surface area contributed by atoms with Gasteiger partial charge in [0.1, 0.15) is 5.82 Å². The third-order valence-corrected chi connectivity index (χ3v) is 4.21. The smallest absolute Gasteiger partial charge is 0.287 e. The second kappa shape index (κ2) is 7.43. The Kier molecular flexibility index (Phi) is 5.08. The molecule has 0 unspecified atom stereocenters. The van der Waals surface area contributed by atoms with Gasteiger partial charge in [-0.1, -0.05) is 6.07 Å². The Hall–Kier alpha value is -2.74. The van der Waals surface area contributed by atoms with Crippen LogP contribution in [0.1, 0.15) is 16.1 Å². The number of nitrogens with zero attached hydrogens (tertiary/aromatic N) is 3. The Morgan fingerprint density at radius 3 is 2.64 bits per heavy atom. The summed E-state index contributed by atoms with van der Waals surface area (Å²) in [7, 11) is 2.05. The van der Waals surface area contributed by atoms with Crippen LogP contribution in [0.15, 0.2) is 39.9 Å². The molecule has 0 atom stereocenters. The van der Waals surface area contributed by atoms with Gasteiger partial charge >= 0.3 is 0 Å². The summed E-state index contributed by atoms with van der Waals surface area (Å²) in [5, 5.41) is 5.23. The molecule has 0 saturated carbocycles. The average molecular weight is 346 g/mol. The van der Waals surface area contributed by atoms with E-state index in [0.29, 0.717) is 11.3 Å². The van der Waals surface area contributed by atoms with Crippen LogP contribution < -0.4 is 10.2 Å². The number of carbonyl (C=O) groups is 1. The minimum Gasteiger partial charge on any atom is -0.430 e. The Morgan fingerprint density at radius 2 is 2.00 bits per heavy atom. The van der Waals surface area contributed by atoms with Crippen LogP contribution in [0.3, 0.4) is 0 Å². The van der Waals surface area contributed by atoms with Crippen molar-refractivity contribution >= 4 is 17.5 Å². The minimum absolute atomic E-state index is 0.0101. The molecule has 2 aromatic rings. The highest BCUT2D eigenvalue weighted by Gasteiger charge is 2.18. The summed E-state index contributed by atoms with van der Waals surface area (Å²) < 4.78 is 19.3. The summed E-state index contributed by atoms with van der Waals surface area (Å²) in [5.41, 5.74) is 1.22. The summed E-state index contributed by atoms with van der Waals surface area (Å²) in [5.74, 6) is -0.961. The van der Waals surface area contributed by atoms with Crippen LogP contribution in [0.25, 0.3) is 0 Å². The summed E-state index contributed by atoms with van der Waals surface area (Å²) >= 11 is 0. The molecule has 1 N–H and O–H groups in total. The Labute approximate surface area is 144 Å². The molecule has 2 heterocycles. The first-order valence-electron chi connectivity index (χ1n) is 8.00. The fraction of sp³-hybridized carbons (Fsp3) is 0.353. The van der Waals surface area contributed by atoms with Crippen LogP contribution in [-0.4, -0.2) is 44.0 Å². The number of rotatable bonds is 5. The quantitative estimate of drug-likeness (QED) is 0.842. The van der Waals surface area contributed by atoms with Gasteiger partial charge in [0.05, 0.1) is 5.69 Å². The van der Waals surface area contributed by atoms with E-state index < -0.39 is 5.91 Å². The number of furan rings is 1. The zero-order valence-corrected chi connectivity index (χ0v) is 13.9. The zero-order chi connectivity index (χ0) is 17.8. The molecule has 0 spiro atoms. The number of benzene rings is 1. The van der Waals surface area contributed by atoms with Crippen LogP contribution in [0.2, 0.25) is 0 Å². The topological polar surface area (TPSA) is 78.1 Å². The minimum atomic E-state index is -0.488. The van der Waals surface area contributed by atoms with Crippen molar-refractivity contribution in [1.82, 2.24) is 10.2 Å². The number of likely N-dealkylation sites (N-methyl/N-ethyl adjacent to an activating group) is 1. The molecule has 0 aliphatic carbocycles. The maximum Gasteiger partial charge on any atom is 0.287 e. The lowest BCUT2D eigenvalue weighted by Gasteiger charge is -2.34. The lowest BCUT2D eigenvalue weighted by molar-refractivity contribution is 0.0924. The van der Waals surface area contributed by atoms with E-state index in [1.54, 1.807) is 12.1 Å². The van der Waals surface area contributed by atoms with Crippen molar-refractivity contribution in [2.45, 2.75) is 6.54 Å². The van der Waals surface area contributed by atoms with Crippen LogP contribution in [0.4, 0.5) is 16.0 Å². The van der Waals surface area contributed by atoms with Crippen LogP contribution in [0.5, 0.6) is 0 Å². The molecule has 1 amide bonds. The monoisotopic (exact) mass is 346 g/mol. The van der Waals surface area contributed by atoms with Crippen molar-refractivity contribution in [1.29, 1.82) is 0 Å². The first-order chi connectivity index (χ1) is 12.1. The lowest BCUT2D eigenvalue weighted by Crippen LogP contribution is -2.44. The number of carbonyl (C=O) groups excluding carboxylic acids is 1. The predicted octanol–water partition coefficient (Wildman–Crippen LogP) is 2.50. The summed E-state index contributed by atoms with van der Waals surface area (Å²) in [6, 6.07) is 7.63. The Morgan fingerprint density at radius 1 is 1.24 bits per heavy atom. The molecule has 1 fully saturated rings. The first kappa shape index (κ1) is 17.1. The van der Waals surface area contributed by atoms with E-state index in [1.165, 1.54) is 18.2 Å². The highest BCUT2D eigenvalue weighted by atomic mass is 19.1. The fourth-order valence-electron chi connectivity index (χ4n) is 2.73. The summed E-state index contributed by atoms with van der Waals surface area (Å²) in [6.45, 7) is 3.53. The number of hydrogen-bond acceptors (Lipinski definition) is 6. The van der Waals surface area contributed by atoms with Gasteiger partial charge in [-0.25, -0.2) is 4.39 Å².